The van der Waals surface area contributed by atoms with Crippen molar-refractivity contribution in [2.45, 2.75) is 6.92 Å². The number of rotatable bonds is 2. The maximum Gasteiger partial charge on any atom is 0.237 e. The van der Waals surface area contributed by atoms with E-state index in [1.54, 1.807) is 17.5 Å². The number of nitrogen functional groups attached to an aromatic ring is 1. The Bertz CT molecular complexity index is 438. The number of hydrogen-bond donors (Lipinski definition) is 2. The molecule has 0 unspecified atom stereocenters. The van der Waals surface area contributed by atoms with Gasteiger partial charge in [0.05, 0.1) is 10.6 Å². The molecule has 72 valence electrons. The first kappa shape index (κ1) is 9.11. The molecular weight excluding hydrogens is 196 g/mol. The lowest BCUT2D eigenvalue weighted by atomic mass is 10.2. The lowest BCUT2D eigenvalue weighted by Gasteiger charge is -2.01. The van der Waals surface area contributed by atoms with Gasteiger partial charge in [0.2, 0.25) is 5.95 Å². The Morgan fingerprint density at radius 2 is 2.29 bits per heavy atom. The van der Waals surface area contributed by atoms with Gasteiger partial charge in [-0.1, -0.05) is 0 Å². The molecule has 0 atom stereocenters. The van der Waals surface area contributed by atoms with Gasteiger partial charge in [-0.2, -0.15) is 0 Å². The van der Waals surface area contributed by atoms with Gasteiger partial charge in [0.25, 0.3) is 0 Å². The molecule has 4 nitrogen and oxygen atoms in total. The predicted molar refractivity (Wildman–Crippen MR) is 57.9 cm³/mol. The highest BCUT2D eigenvalue weighted by molar-refractivity contribution is 7.13. The Morgan fingerprint density at radius 1 is 1.43 bits per heavy atom. The molecule has 0 bridgehead atoms. The van der Waals surface area contributed by atoms with E-state index < -0.39 is 0 Å². The van der Waals surface area contributed by atoms with Crippen molar-refractivity contribution in [2.75, 3.05) is 5.43 Å². The quantitative estimate of drug-likeness (QED) is 0.581. The summed E-state index contributed by atoms with van der Waals surface area (Å²) in [4.78, 5) is 9.37. The second-order valence-electron chi connectivity index (χ2n) is 2.84. The molecule has 0 aliphatic carbocycles. The first-order valence-electron chi connectivity index (χ1n) is 4.15. The van der Waals surface area contributed by atoms with Gasteiger partial charge in [-0.25, -0.2) is 15.8 Å². The molecular formula is C9H10N4S. The summed E-state index contributed by atoms with van der Waals surface area (Å²) < 4.78 is 0. The third-order valence-corrected chi connectivity index (χ3v) is 2.92. The van der Waals surface area contributed by atoms with Crippen LogP contribution in [0.15, 0.2) is 23.7 Å². The maximum atomic E-state index is 5.24. The highest BCUT2D eigenvalue weighted by Crippen LogP contribution is 2.27. The van der Waals surface area contributed by atoms with Crippen molar-refractivity contribution in [1.29, 1.82) is 0 Å². The van der Waals surface area contributed by atoms with E-state index in [0.717, 1.165) is 10.6 Å². The average molecular weight is 206 g/mol. The summed E-state index contributed by atoms with van der Waals surface area (Å²) >= 11 is 1.66. The van der Waals surface area contributed by atoms with E-state index in [9.17, 15) is 0 Å². The van der Waals surface area contributed by atoms with E-state index in [2.05, 4.69) is 28.4 Å². The lowest BCUT2D eigenvalue weighted by Crippen LogP contribution is -2.10. The van der Waals surface area contributed by atoms with Crippen LogP contribution in [0, 0.1) is 6.92 Å². The fraction of sp³-hybridized carbons (Fsp3) is 0.111. The fourth-order valence-electron chi connectivity index (χ4n) is 1.19. The average Bonchev–Trinajstić information content (AvgIpc) is 2.65. The van der Waals surface area contributed by atoms with Crippen molar-refractivity contribution in [1.82, 2.24) is 9.97 Å². The molecule has 2 heterocycles. The van der Waals surface area contributed by atoms with Crippen LogP contribution in [-0.4, -0.2) is 9.97 Å². The van der Waals surface area contributed by atoms with Gasteiger partial charge in [0, 0.05) is 6.20 Å². The van der Waals surface area contributed by atoms with Crippen LogP contribution in [0.1, 0.15) is 5.56 Å². The van der Waals surface area contributed by atoms with Gasteiger partial charge >= 0.3 is 0 Å². The number of anilines is 1. The molecule has 0 radical (unpaired) electrons. The summed E-state index contributed by atoms with van der Waals surface area (Å²) in [7, 11) is 0. The Labute approximate surface area is 85.8 Å². The number of nitrogens with zero attached hydrogens (tertiary/aromatic N) is 2. The normalized spacial score (nSPS) is 10.1. The van der Waals surface area contributed by atoms with Crippen LogP contribution in [0.3, 0.4) is 0 Å². The predicted octanol–water partition coefficient (Wildman–Crippen LogP) is 1.80. The molecule has 0 saturated carbocycles. The van der Waals surface area contributed by atoms with Gasteiger partial charge in [-0.3, -0.25) is 5.43 Å². The number of aromatic nitrogens is 2. The third kappa shape index (κ3) is 1.59. The Balaban J connectivity index is 2.47. The van der Waals surface area contributed by atoms with Crippen LogP contribution in [0.4, 0.5) is 5.95 Å². The SMILES string of the molecule is Cc1ccsc1-c1ccnc(NN)n1. The van der Waals surface area contributed by atoms with E-state index in [-0.39, 0.29) is 0 Å². The first-order chi connectivity index (χ1) is 6.81. The molecule has 0 aromatic carbocycles. The van der Waals surface area contributed by atoms with Crippen LogP contribution in [0.2, 0.25) is 0 Å². The number of thiophene rings is 1. The van der Waals surface area contributed by atoms with Crippen molar-refractivity contribution in [3.8, 4) is 10.6 Å². The fourth-order valence-corrected chi connectivity index (χ4v) is 2.09. The zero-order chi connectivity index (χ0) is 9.97. The molecule has 2 aromatic rings. The molecule has 14 heavy (non-hydrogen) atoms. The number of nitrogens with two attached hydrogens (primary N) is 1. The van der Waals surface area contributed by atoms with Gasteiger partial charge in [-0.05, 0) is 30.0 Å². The highest BCUT2D eigenvalue weighted by Gasteiger charge is 2.05. The van der Waals surface area contributed by atoms with E-state index in [0.29, 0.717) is 5.95 Å². The summed E-state index contributed by atoms with van der Waals surface area (Å²) in [6.07, 6.45) is 1.69. The van der Waals surface area contributed by atoms with E-state index >= 15 is 0 Å². The molecule has 0 fully saturated rings. The summed E-state index contributed by atoms with van der Waals surface area (Å²) in [6.45, 7) is 2.06. The second-order valence-corrected chi connectivity index (χ2v) is 3.76. The van der Waals surface area contributed by atoms with Crippen molar-refractivity contribution < 1.29 is 0 Å². The lowest BCUT2D eigenvalue weighted by molar-refractivity contribution is 1.12. The number of hydrazine groups is 1. The molecule has 5 heteroatoms. The Morgan fingerprint density at radius 3 is 2.93 bits per heavy atom. The molecule has 2 aromatic heterocycles. The Kier molecular flexibility index (Phi) is 2.43. The van der Waals surface area contributed by atoms with Crippen LogP contribution in [0.25, 0.3) is 10.6 Å². The second kappa shape index (κ2) is 3.73. The van der Waals surface area contributed by atoms with Crippen molar-refractivity contribution in [2.24, 2.45) is 5.84 Å². The summed E-state index contributed by atoms with van der Waals surface area (Å²) in [5, 5.41) is 2.04. The van der Waals surface area contributed by atoms with Crippen LogP contribution < -0.4 is 11.3 Å². The zero-order valence-electron chi connectivity index (χ0n) is 7.69. The minimum absolute atomic E-state index is 0.440. The molecule has 0 aliphatic rings. The largest absolute Gasteiger partial charge is 0.292 e. The summed E-state index contributed by atoms with van der Waals surface area (Å²) in [5.74, 6) is 5.68. The van der Waals surface area contributed by atoms with Crippen molar-refractivity contribution >= 4 is 17.3 Å². The molecule has 3 N–H and O–H groups in total. The third-order valence-electron chi connectivity index (χ3n) is 1.88. The van der Waals surface area contributed by atoms with Gasteiger partial charge < -0.3 is 0 Å². The standard InChI is InChI=1S/C9H10N4S/c1-6-3-5-14-8(6)7-2-4-11-9(12-7)13-10/h2-5H,10H2,1H3,(H,11,12,13). The van der Waals surface area contributed by atoms with E-state index in [4.69, 9.17) is 5.84 Å². The number of hydrogen-bond acceptors (Lipinski definition) is 5. The zero-order valence-corrected chi connectivity index (χ0v) is 8.51. The molecule has 0 saturated heterocycles. The number of nitrogens with one attached hydrogen (secondary N) is 1. The minimum atomic E-state index is 0.440. The molecule has 2 rings (SSSR count). The van der Waals surface area contributed by atoms with E-state index in [1.807, 2.05) is 11.4 Å². The van der Waals surface area contributed by atoms with Gasteiger partial charge in [-0.15, -0.1) is 11.3 Å². The molecule has 0 aliphatic heterocycles. The van der Waals surface area contributed by atoms with Crippen LogP contribution in [0.5, 0.6) is 0 Å². The molecule has 0 spiro atoms. The molecule has 0 amide bonds. The summed E-state index contributed by atoms with van der Waals surface area (Å²) in [6, 6.07) is 3.94. The number of aryl methyl sites for hydroxylation is 1. The van der Waals surface area contributed by atoms with Crippen LogP contribution in [-0.2, 0) is 0 Å². The highest BCUT2D eigenvalue weighted by atomic mass is 32.1. The van der Waals surface area contributed by atoms with Crippen LogP contribution >= 0.6 is 11.3 Å². The smallest absolute Gasteiger partial charge is 0.237 e. The van der Waals surface area contributed by atoms with Gasteiger partial charge in [0.1, 0.15) is 0 Å². The summed E-state index contributed by atoms with van der Waals surface area (Å²) in [5.41, 5.74) is 4.55. The maximum absolute atomic E-state index is 5.24. The Hall–Kier alpha value is -1.46. The van der Waals surface area contributed by atoms with Gasteiger partial charge in [0.15, 0.2) is 0 Å². The topological polar surface area (TPSA) is 63.8 Å². The monoisotopic (exact) mass is 206 g/mol. The van der Waals surface area contributed by atoms with Crippen molar-refractivity contribution in [3.63, 3.8) is 0 Å². The minimum Gasteiger partial charge on any atom is -0.292 e. The van der Waals surface area contributed by atoms with E-state index in [1.165, 1.54) is 5.56 Å². The first-order valence-corrected chi connectivity index (χ1v) is 5.03. The van der Waals surface area contributed by atoms with Crippen molar-refractivity contribution in [3.05, 3.63) is 29.3 Å².